The van der Waals surface area contributed by atoms with Gasteiger partial charge in [0.15, 0.2) is 18.0 Å². The van der Waals surface area contributed by atoms with Crippen LogP contribution in [0.2, 0.25) is 0 Å². The van der Waals surface area contributed by atoms with E-state index in [-0.39, 0.29) is 11.5 Å². The van der Waals surface area contributed by atoms with Gasteiger partial charge in [0.05, 0.1) is 11.4 Å². The number of hydrogen-bond donors (Lipinski definition) is 4. The maximum absolute atomic E-state index is 13.0. The lowest BCUT2D eigenvalue weighted by atomic mass is 10.0. The molecule has 0 radical (unpaired) electrons. The van der Waals surface area contributed by atoms with Crippen molar-refractivity contribution in [3.63, 3.8) is 0 Å². The molecule has 0 unspecified atom stereocenters. The smallest absolute Gasteiger partial charge is 0.412 e. The van der Waals surface area contributed by atoms with Crippen LogP contribution < -0.4 is 21.1 Å². The minimum absolute atomic E-state index is 0.0263. The van der Waals surface area contributed by atoms with Crippen molar-refractivity contribution < 1.29 is 29.0 Å². The Morgan fingerprint density at radius 1 is 0.829 bits per heavy atom. The molecular formula is C32H29N3O6. The summed E-state index contributed by atoms with van der Waals surface area (Å²) in [5, 5.41) is 15.2. The third-order valence-corrected chi connectivity index (χ3v) is 5.96. The van der Waals surface area contributed by atoms with E-state index in [0.717, 1.165) is 0 Å². The first-order valence-electron chi connectivity index (χ1n) is 12.7. The van der Waals surface area contributed by atoms with Crippen LogP contribution in [0, 0.1) is 0 Å². The number of carbonyl (C=O) groups excluding carboxylic acids is 3. The number of nitrogens with two attached hydrogens (primary N) is 1. The first-order valence-corrected chi connectivity index (χ1v) is 12.7. The average Bonchev–Trinajstić information content (AvgIpc) is 2.97. The number of carbonyl (C=O) groups is 3. The SMILES string of the molecule is CC(=O)c1ccc(NC(=O)O[C@@H](c2ccc(O)cc2)[C@H](/C=C/C(=O)Nc2ccccc2N)Oc2ccccc2)cc1. The van der Waals surface area contributed by atoms with Gasteiger partial charge in [0.1, 0.15) is 11.5 Å². The number of Topliss-reactive ketones (excluding diaryl/α,β-unsaturated/α-hetero) is 1. The standard InChI is InChI=1S/C32H29N3O6/c1-21(36)22-11-15-24(16-12-22)34-32(39)41-31(23-13-17-25(37)18-14-23)29(40-26-7-3-2-4-8-26)19-20-30(38)35-28-10-6-5-9-27(28)33/h2-20,29,31,37H,33H2,1H3,(H,34,39)(H,35,38)/b20-19+/t29-,31-/m0/s1. The zero-order chi connectivity index (χ0) is 29.2. The van der Waals surface area contributed by atoms with E-state index in [1.165, 1.54) is 31.2 Å². The fourth-order valence-electron chi connectivity index (χ4n) is 3.87. The fraction of sp³-hybridized carbons (Fsp3) is 0.0938. The van der Waals surface area contributed by atoms with Crippen molar-refractivity contribution in [1.82, 2.24) is 0 Å². The second kappa shape index (κ2) is 13.5. The largest absolute Gasteiger partial charge is 0.508 e. The Balaban J connectivity index is 1.61. The Morgan fingerprint density at radius 2 is 1.49 bits per heavy atom. The van der Waals surface area contributed by atoms with Crippen LogP contribution >= 0.6 is 0 Å². The molecule has 0 saturated carbocycles. The first kappa shape index (κ1) is 28.4. The van der Waals surface area contributed by atoms with E-state index in [0.29, 0.717) is 33.9 Å². The molecule has 0 bridgehead atoms. The zero-order valence-corrected chi connectivity index (χ0v) is 22.2. The predicted molar refractivity (Wildman–Crippen MR) is 157 cm³/mol. The average molecular weight is 552 g/mol. The summed E-state index contributed by atoms with van der Waals surface area (Å²) in [5.41, 5.74) is 8.22. The number of para-hydroxylation sites is 3. The van der Waals surface area contributed by atoms with Gasteiger partial charge in [-0.25, -0.2) is 4.79 Å². The third kappa shape index (κ3) is 8.21. The molecule has 2 atom stereocenters. The van der Waals surface area contributed by atoms with Crippen LogP contribution in [0.25, 0.3) is 0 Å². The molecule has 0 saturated heterocycles. The lowest BCUT2D eigenvalue weighted by molar-refractivity contribution is -0.112. The molecule has 41 heavy (non-hydrogen) atoms. The van der Waals surface area contributed by atoms with E-state index in [1.54, 1.807) is 84.9 Å². The molecule has 0 aromatic heterocycles. The fourth-order valence-corrected chi connectivity index (χ4v) is 3.87. The third-order valence-electron chi connectivity index (χ3n) is 5.96. The van der Waals surface area contributed by atoms with Crippen LogP contribution in [0.1, 0.15) is 28.9 Å². The normalized spacial score (nSPS) is 12.2. The number of nitrogen functional groups attached to an aromatic ring is 1. The molecule has 5 N–H and O–H groups in total. The monoisotopic (exact) mass is 551 g/mol. The number of benzene rings is 4. The number of ketones is 1. The van der Waals surface area contributed by atoms with Gasteiger partial charge < -0.3 is 25.6 Å². The summed E-state index contributed by atoms with van der Waals surface area (Å²) >= 11 is 0. The molecular weight excluding hydrogens is 522 g/mol. The summed E-state index contributed by atoms with van der Waals surface area (Å²) in [6.45, 7) is 1.45. The van der Waals surface area contributed by atoms with Crippen LogP contribution in [0.5, 0.6) is 11.5 Å². The van der Waals surface area contributed by atoms with Gasteiger partial charge in [0, 0.05) is 17.3 Å². The summed E-state index contributed by atoms with van der Waals surface area (Å²) in [4.78, 5) is 37.4. The summed E-state index contributed by atoms with van der Waals surface area (Å²) in [6, 6.07) is 28.2. The van der Waals surface area contributed by atoms with Crippen LogP contribution in [-0.2, 0) is 9.53 Å². The van der Waals surface area contributed by atoms with Crippen LogP contribution in [0.15, 0.2) is 115 Å². The number of anilines is 3. The van der Waals surface area contributed by atoms with Crippen LogP contribution in [-0.4, -0.2) is 29.0 Å². The number of amides is 2. The number of nitrogens with one attached hydrogen (secondary N) is 2. The van der Waals surface area contributed by atoms with E-state index < -0.39 is 24.2 Å². The molecule has 0 aliphatic carbocycles. The molecule has 4 aromatic carbocycles. The molecule has 4 rings (SSSR count). The highest BCUT2D eigenvalue weighted by atomic mass is 16.6. The lowest BCUT2D eigenvalue weighted by Crippen LogP contribution is -2.30. The topological polar surface area (TPSA) is 140 Å². The predicted octanol–water partition coefficient (Wildman–Crippen LogP) is 6.11. The molecule has 9 nitrogen and oxygen atoms in total. The molecule has 208 valence electrons. The van der Waals surface area contributed by atoms with E-state index in [9.17, 15) is 19.5 Å². The Kier molecular flexibility index (Phi) is 9.35. The summed E-state index contributed by atoms with van der Waals surface area (Å²) in [5.74, 6) is -0.0666. The van der Waals surface area contributed by atoms with Crippen molar-refractivity contribution >= 4 is 34.8 Å². The number of aromatic hydroxyl groups is 1. The Hall–Kier alpha value is -5.57. The Bertz CT molecular complexity index is 1520. The molecule has 0 aliphatic rings. The molecule has 0 fully saturated rings. The van der Waals surface area contributed by atoms with Gasteiger partial charge in [-0.3, -0.25) is 14.9 Å². The van der Waals surface area contributed by atoms with Gasteiger partial charge in [-0.15, -0.1) is 0 Å². The second-order valence-electron chi connectivity index (χ2n) is 9.01. The van der Waals surface area contributed by atoms with Gasteiger partial charge in [-0.1, -0.05) is 42.5 Å². The highest BCUT2D eigenvalue weighted by molar-refractivity contribution is 6.01. The minimum Gasteiger partial charge on any atom is -0.508 e. The van der Waals surface area contributed by atoms with Gasteiger partial charge in [0.25, 0.3) is 0 Å². The molecule has 0 aliphatic heterocycles. The molecule has 4 aromatic rings. The lowest BCUT2D eigenvalue weighted by Gasteiger charge is -2.26. The van der Waals surface area contributed by atoms with Gasteiger partial charge in [0.2, 0.25) is 5.91 Å². The highest BCUT2D eigenvalue weighted by Gasteiger charge is 2.28. The number of ether oxygens (including phenoxy) is 2. The van der Waals surface area contributed by atoms with Gasteiger partial charge >= 0.3 is 6.09 Å². The van der Waals surface area contributed by atoms with Crippen molar-refractivity contribution in [3.8, 4) is 11.5 Å². The minimum atomic E-state index is -1.04. The summed E-state index contributed by atoms with van der Waals surface area (Å²) < 4.78 is 12.0. The maximum atomic E-state index is 13.0. The number of phenolic OH excluding ortho intramolecular Hbond substituents is 1. The van der Waals surface area contributed by atoms with Crippen LogP contribution in [0.3, 0.4) is 0 Å². The van der Waals surface area contributed by atoms with Gasteiger partial charge in [-0.05, 0) is 79.2 Å². The number of phenols is 1. The van der Waals surface area contributed by atoms with Crippen molar-refractivity contribution in [2.45, 2.75) is 19.1 Å². The molecule has 0 heterocycles. The van der Waals surface area contributed by atoms with Crippen molar-refractivity contribution in [3.05, 3.63) is 126 Å². The molecule has 0 spiro atoms. The van der Waals surface area contributed by atoms with E-state index in [1.807, 2.05) is 6.07 Å². The number of rotatable bonds is 10. The zero-order valence-electron chi connectivity index (χ0n) is 22.2. The van der Waals surface area contributed by atoms with E-state index >= 15 is 0 Å². The van der Waals surface area contributed by atoms with Crippen molar-refractivity contribution in [2.75, 3.05) is 16.4 Å². The quantitative estimate of drug-likeness (QED) is 0.106. The first-order chi connectivity index (χ1) is 19.8. The van der Waals surface area contributed by atoms with Crippen LogP contribution in [0.4, 0.5) is 21.9 Å². The molecule has 9 heteroatoms. The Labute approximate surface area is 237 Å². The maximum Gasteiger partial charge on any atom is 0.412 e. The Morgan fingerprint density at radius 3 is 2.15 bits per heavy atom. The van der Waals surface area contributed by atoms with Gasteiger partial charge in [-0.2, -0.15) is 0 Å². The van der Waals surface area contributed by atoms with E-state index in [4.69, 9.17) is 15.2 Å². The summed E-state index contributed by atoms with van der Waals surface area (Å²) in [6.07, 6.45) is -0.0524. The highest BCUT2D eigenvalue weighted by Crippen LogP contribution is 2.29. The number of hydrogen-bond acceptors (Lipinski definition) is 7. The molecule has 2 amide bonds. The summed E-state index contributed by atoms with van der Waals surface area (Å²) in [7, 11) is 0. The van der Waals surface area contributed by atoms with Crippen molar-refractivity contribution in [2.24, 2.45) is 0 Å². The van der Waals surface area contributed by atoms with Crippen molar-refractivity contribution in [1.29, 1.82) is 0 Å². The second-order valence-corrected chi connectivity index (χ2v) is 9.01. The van der Waals surface area contributed by atoms with E-state index in [2.05, 4.69) is 10.6 Å².